The maximum atomic E-state index is 12.5. The number of carbonyl (C=O) groups is 1. The number of hydrogen-bond acceptors (Lipinski definition) is 5. The van der Waals surface area contributed by atoms with Crippen LogP contribution in [-0.2, 0) is 18.4 Å². The third-order valence-electron chi connectivity index (χ3n) is 3.52. The highest BCUT2D eigenvalue weighted by molar-refractivity contribution is 7.71. The normalized spacial score (nSPS) is 11.8. The van der Waals surface area contributed by atoms with E-state index in [1.165, 1.54) is 0 Å². The molecular formula is C16H19N5O2S. The van der Waals surface area contributed by atoms with Crippen LogP contribution in [0.1, 0.15) is 25.2 Å². The summed E-state index contributed by atoms with van der Waals surface area (Å²) in [5.41, 5.74) is 0.394. The molecule has 0 spiro atoms. The van der Waals surface area contributed by atoms with Crippen molar-refractivity contribution in [3.63, 3.8) is 0 Å². The Labute approximate surface area is 145 Å². The molecule has 0 fully saturated rings. The number of amides is 1. The van der Waals surface area contributed by atoms with E-state index in [4.69, 9.17) is 22.2 Å². The fourth-order valence-corrected chi connectivity index (χ4v) is 2.25. The molecule has 0 unspecified atom stereocenters. The average molecular weight is 345 g/mol. The molecule has 24 heavy (non-hydrogen) atoms. The van der Waals surface area contributed by atoms with Gasteiger partial charge in [-0.3, -0.25) is 9.89 Å². The van der Waals surface area contributed by atoms with Crippen molar-refractivity contribution in [1.29, 1.82) is 5.26 Å². The molecule has 8 heteroatoms. The molecule has 0 saturated heterocycles. The number of H-pyrrole nitrogens is 1. The van der Waals surface area contributed by atoms with E-state index in [2.05, 4.69) is 21.6 Å². The Hall–Kier alpha value is -2.66. The number of benzene rings is 1. The van der Waals surface area contributed by atoms with Crippen molar-refractivity contribution in [2.75, 3.05) is 0 Å². The molecule has 0 aliphatic heterocycles. The van der Waals surface area contributed by atoms with E-state index in [0.29, 0.717) is 21.9 Å². The van der Waals surface area contributed by atoms with Crippen LogP contribution in [0.15, 0.2) is 24.3 Å². The Morgan fingerprint density at radius 2 is 2.21 bits per heavy atom. The van der Waals surface area contributed by atoms with Gasteiger partial charge in [0, 0.05) is 7.05 Å². The highest BCUT2D eigenvalue weighted by Crippen LogP contribution is 2.20. The lowest BCUT2D eigenvalue weighted by Gasteiger charge is -2.22. The Morgan fingerprint density at radius 3 is 2.79 bits per heavy atom. The Morgan fingerprint density at radius 1 is 1.50 bits per heavy atom. The fourth-order valence-electron chi connectivity index (χ4n) is 2.10. The van der Waals surface area contributed by atoms with Gasteiger partial charge in [-0.1, -0.05) is 26.0 Å². The number of nitrogens with one attached hydrogen (secondary N) is 2. The van der Waals surface area contributed by atoms with Gasteiger partial charge in [0.15, 0.2) is 16.7 Å². The monoisotopic (exact) mass is 345 g/mol. The van der Waals surface area contributed by atoms with E-state index in [1.54, 1.807) is 35.9 Å². The van der Waals surface area contributed by atoms with Crippen molar-refractivity contribution in [3.8, 4) is 11.8 Å². The summed E-state index contributed by atoms with van der Waals surface area (Å²) in [6.07, 6.45) is -0.716. The van der Waals surface area contributed by atoms with Crippen LogP contribution in [0.4, 0.5) is 0 Å². The highest BCUT2D eigenvalue weighted by atomic mass is 32.1. The summed E-state index contributed by atoms with van der Waals surface area (Å²) in [5, 5.41) is 18.6. The number of carbonyl (C=O) groups excluding carboxylic acids is 1. The van der Waals surface area contributed by atoms with Crippen LogP contribution in [-0.4, -0.2) is 26.8 Å². The maximum Gasteiger partial charge on any atom is 0.261 e. The molecule has 0 aliphatic carbocycles. The summed E-state index contributed by atoms with van der Waals surface area (Å²) in [6, 6.07) is 8.91. The zero-order valence-corrected chi connectivity index (χ0v) is 14.6. The third kappa shape index (κ3) is 4.00. The van der Waals surface area contributed by atoms with Crippen LogP contribution < -0.4 is 10.1 Å². The van der Waals surface area contributed by atoms with Crippen molar-refractivity contribution >= 4 is 18.1 Å². The van der Waals surface area contributed by atoms with Gasteiger partial charge in [0.25, 0.3) is 5.91 Å². The first-order valence-electron chi connectivity index (χ1n) is 7.47. The van der Waals surface area contributed by atoms with Crippen LogP contribution in [0.3, 0.4) is 0 Å². The molecular weight excluding hydrogens is 326 g/mol. The number of hydrogen-bond donors (Lipinski definition) is 2. The lowest BCUT2D eigenvalue weighted by atomic mass is 10.1. The number of aromatic amines is 1. The predicted molar refractivity (Wildman–Crippen MR) is 90.7 cm³/mol. The lowest BCUT2D eigenvalue weighted by Crippen LogP contribution is -2.41. The van der Waals surface area contributed by atoms with E-state index in [9.17, 15) is 4.79 Å². The number of para-hydroxylation sites is 1. The van der Waals surface area contributed by atoms with Gasteiger partial charge in [0.05, 0.1) is 12.1 Å². The second-order valence-electron chi connectivity index (χ2n) is 5.61. The first-order chi connectivity index (χ1) is 11.4. The highest BCUT2D eigenvalue weighted by Gasteiger charge is 2.25. The standard InChI is InChI=1S/C16H19N5O2S/c1-10(2)14(23-12-7-5-4-6-11(12)8-17)15(22)18-9-13-19-20-16(24)21(13)3/h4-7,10,14H,9H2,1-3H3,(H,18,22)(H,20,24)/t14-/m0/s1. The average Bonchev–Trinajstić information content (AvgIpc) is 2.89. The summed E-state index contributed by atoms with van der Waals surface area (Å²) >= 11 is 5.04. The van der Waals surface area contributed by atoms with Crippen LogP contribution in [0.2, 0.25) is 0 Å². The van der Waals surface area contributed by atoms with Gasteiger partial charge in [0.2, 0.25) is 0 Å². The number of nitrogens with zero attached hydrogens (tertiary/aromatic N) is 3. The third-order valence-corrected chi connectivity index (χ3v) is 3.88. The molecule has 1 heterocycles. The Balaban J connectivity index is 2.09. The number of nitriles is 1. The van der Waals surface area contributed by atoms with Crippen LogP contribution in [0.25, 0.3) is 0 Å². The first-order valence-corrected chi connectivity index (χ1v) is 7.88. The van der Waals surface area contributed by atoms with E-state index < -0.39 is 6.10 Å². The molecule has 0 aliphatic rings. The van der Waals surface area contributed by atoms with Gasteiger partial charge < -0.3 is 14.6 Å². The summed E-state index contributed by atoms with van der Waals surface area (Å²) in [4.78, 5) is 12.5. The van der Waals surface area contributed by atoms with Crippen molar-refractivity contribution in [3.05, 3.63) is 40.4 Å². The summed E-state index contributed by atoms with van der Waals surface area (Å²) in [5.74, 6) is 0.672. The molecule has 0 bridgehead atoms. The second-order valence-corrected chi connectivity index (χ2v) is 6.00. The molecule has 2 aromatic rings. The quantitative estimate of drug-likeness (QED) is 0.782. The summed E-state index contributed by atoms with van der Waals surface area (Å²) in [7, 11) is 1.77. The fraction of sp³-hybridized carbons (Fsp3) is 0.375. The summed E-state index contributed by atoms with van der Waals surface area (Å²) in [6.45, 7) is 4.00. The van der Waals surface area contributed by atoms with Gasteiger partial charge in [-0.25, -0.2) is 0 Å². The first kappa shape index (κ1) is 17.7. The number of rotatable bonds is 6. The van der Waals surface area contributed by atoms with E-state index in [0.717, 1.165) is 0 Å². The zero-order valence-electron chi connectivity index (χ0n) is 13.7. The molecule has 0 saturated carbocycles. The minimum Gasteiger partial charge on any atom is -0.479 e. The molecule has 1 aromatic heterocycles. The van der Waals surface area contributed by atoms with Gasteiger partial charge in [0.1, 0.15) is 11.8 Å². The Kier molecular flexibility index (Phi) is 5.71. The molecule has 2 rings (SSSR count). The zero-order chi connectivity index (χ0) is 17.7. The van der Waals surface area contributed by atoms with Gasteiger partial charge in [-0.15, -0.1) is 0 Å². The molecule has 2 N–H and O–H groups in total. The van der Waals surface area contributed by atoms with E-state index >= 15 is 0 Å². The van der Waals surface area contributed by atoms with Crippen LogP contribution in [0, 0.1) is 22.0 Å². The largest absolute Gasteiger partial charge is 0.479 e. The van der Waals surface area contributed by atoms with Gasteiger partial charge in [-0.05, 0) is 30.3 Å². The van der Waals surface area contributed by atoms with Crippen molar-refractivity contribution in [2.45, 2.75) is 26.5 Å². The van der Waals surface area contributed by atoms with E-state index in [1.807, 2.05) is 13.8 Å². The molecule has 126 valence electrons. The Bertz CT molecular complexity index is 818. The molecule has 1 atom stereocenters. The van der Waals surface area contributed by atoms with Crippen LogP contribution >= 0.6 is 12.2 Å². The van der Waals surface area contributed by atoms with E-state index in [-0.39, 0.29) is 18.4 Å². The molecule has 1 amide bonds. The van der Waals surface area contributed by atoms with Crippen LogP contribution in [0.5, 0.6) is 5.75 Å². The maximum absolute atomic E-state index is 12.5. The SMILES string of the molecule is CC(C)[C@H](Oc1ccccc1C#N)C(=O)NCc1n[nH]c(=S)n1C. The summed E-state index contributed by atoms with van der Waals surface area (Å²) < 4.78 is 7.96. The number of aromatic nitrogens is 3. The predicted octanol–water partition coefficient (Wildman–Crippen LogP) is 2.07. The molecule has 1 aromatic carbocycles. The van der Waals surface area contributed by atoms with Crippen molar-refractivity contribution in [2.24, 2.45) is 13.0 Å². The molecule has 0 radical (unpaired) electrons. The second kappa shape index (κ2) is 7.75. The van der Waals surface area contributed by atoms with Gasteiger partial charge in [-0.2, -0.15) is 10.4 Å². The van der Waals surface area contributed by atoms with Gasteiger partial charge >= 0.3 is 0 Å². The smallest absolute Gasteiger partial charge is 0.261 e. The lowest BCUT2D eigenvalue weighted by molar-refractivity contribution is -0.130. The van der Waals surface area contributed by atoms with Crippen molar-refractivity contribution in [1.82, 2.24) is 20.1 Å². The minimum absolute atomic E-state index is 0.0702. The van der Waals surface area contributed by atoms with Crippen molar-refractivity contribution < 1.29 is 9.53 Å². The molecule has 7 nitrogen and oxygen atoms in total. The minimum atomic E-state index is -0.716. The topological polar surface area (TPSA) is 95.7 Å². The number of ether oxygens (including phenoxy) is 1.